The van der Waals surface area contributed by atoms with Gasteiger partial charge in [-0.3, -0.25) is 4.90 Å². The van der Waals surface area contributed by atoms with Gasteiger partial charge < -0.3 is 0 Å². The molecule has 0 bridgehead atoms. The monoisotopic (exact) mass is 393 g/mol. The Kier molecular flexibility index (Phi) is 7.41. The number of alkyl halides is 1. The molecule has 3 aromatic rings. The highest BCUT2D eigenvalue weighted by atomic mass is 35.5. The highest BCUT2D eigenvalue weighted by Crippen LogP contribution is 2.25. The van der Waals surface area contributed by atoms with Crippen LogP contribution in [0.15, 0.2) is 91.0 Å². The van der Waals surface area contributed by atoms with Gasteiger partial charge in [0.25, 0.3) is 0 Å². The van der Waals surface area contributed by atoms with Crippen LogP contribution in [0.4, 0.5) is 4.39 Å². The maximum absolute atomic E-state index is 13.3. The van der Waals surface area contributed by atoms with E-state index in [1.165, 1.54) is 28.8 Å². The zero-order valence-corrected chi connectivity index (χ0v) is 16.8. The maximum Gasteiger partial charge on any atom is 0.123 e. The first-order chi connectivity index (χ1) is 13.7. The quantitative estimate of drug-likeness (QED) is 0.392. The van der Waals surface area contributed by atoms with Gasteiger partial charge >= 0.3 is 0 Å². The number of rotatable bonds is 8. The Hall–Kier alpha value is -2.42. The predicted octanol–water partition coefficient (Wildman–Crippen LogP) is 6.56. The summed E-state index contributed by atoms with van der Waals surface area (Å²) in [6.07, 6.45) is 2.26. The van der Waals surface area contributed by atoms with Crippen LogP contribution >= 0.6 is 11.6 Å². The van der Waals surface area contributed by atoms with E-state index in [9.17, 15) is 4.39 Å². The molecule has 0 saturated heterocycles. The minimum atomic E-state index is -0.213. The molecule has 0 heterocycles. The van der Waals surface area contributed by atoms with Crippen LogP contribution in [0.2, 0.25) is 0 Å². The van der Waals surface area contributed by atoms with E-state index in [2.05, 4.69) is 66.4 Å². The van der Waals surface area contributed by atoms with Crippen LogP contribution in [0.25, 0.3) is 5.57 Å². The van der Waals surface area contributed by atoms with E-state index in [1.807, 2.05) is 24.3 Å². The molecule has 28 heavy (non-hydrogen) atoms. The number of benzene rings is 3. The Balaban J connectivity index is 1.89. The molecule has 0 aliphatic carbocycles. The second kappa shape index (κ2) is 10.2. The van der Waals surface area contributed by atoms with Crippen LogP contribution in [0.1, 0.15) is 29.7 Å². The van der Waals surface area contributed by atoms with Gasteiger partial charge in [-0.05, 0) is 41.3 Å². The van der Waals surface area contributed by atoms with Crippen molar-refractivity contribution < 1.29 is 4.39 Å². The summed E-state index contributed by atoms with van der Waals surface area (Å²) in [4.78, 5) is 2.31. The summed E-state index contributed by atoms with van der Waals surface area (Å²) in [6.45, 7) is 3.65. The van der Waals surface area contributed by atoms with Gasteiger partial charge in [0.15, 0.2) is 0 Å². The van der Waals surface area contributed by atoms with Crippen LogP contribution in [0.5, 0.6) is 0 Å². The zero-order valence-electron chi connectivity index (χ0n) is 16.1. The van der Waals surface area contributed by atoms with E-state index in [4.69, 9.17) is 11.6 Å². The van der Waals surface area contributed by atoms with Crippen molar-refractivity contribution in [1.82, 2.24) is 4.90 Å². The van der Waals surface area contributed by atoms with E-state index in [1.54, 1.807) is 0 Å². The van der Waals surface area contributed by atoms with E-state index in [0.29, 0.717) is 5.88 Å². The highest BCUT2D eigenvalue weighted by Gasteiger charge is 2.15. The summed E-state index contributed by atoms with van der Waals surface area (Å²) < 4.78 is 13.3. The molecule has 1 nitrogen and oxygen atoms in total. The first-order valence-electron chi connectivity index (χ1n) is 9.55. The van der Waals surface area contributed by atoms with Crippen molar-refractivity contribution in [2.24, 2.45) is 0 Å². The Morgan fingerprint density at radius 2 is 1.43 bits per heavy atom. The molecule has 0 fully saturated rings. The average molecular weight is 394 g/mol. The van der Waals surface area contributed by atoms with Crippen LogP contribution in [0, 0.1) is 5.82 Å². The number of hydrogen-bond acceptors (Lipinski definition) is 1. The highest BCUT2D eigenvalue weighted by molar-refractivity contribution is 6.18. The molecule has 0 amide bonds. The van der Waals surface area contributed by atoms with Crippen molar-refractivity contribution in [1.29, 1.82) is 0 Å². The van der Waals surface area contributed by atoms with Gasteiger partial charge in [-0.25, -0.2) is 4.39 Å². The van der Waals surface area contributed by atoms with Gasteiger partial charge in [0.2, 0.25) is 0 Å². The molecule has 0 aromatic heterocycles. The molecule has 0 unspecified atom stereocenters. The minimum Gasteiger partial charge on any atom is -0.292 e. The van der Waals surface area contributed by atoms with Crippen molar-refractivity contribution in [3.05, 3.63) is 114 Å². The molecule has 144 valence electrons. The summed E-state index contributed by atoms with van der Waals surface area (Å²) in [7, 11) is 0. The van der Waals surface area contributed by atoms with Crippen molar-refractivity contribution in [2.75, 3.05) is 19.0 Å². The van der Waals surface area contributed by atoms with E-state index < -0.39 is 0 Å². The Morgan fingerprint density at radius 1 is 0.893 bits per heavy atom. The van der Waals surface area contributed by atoms with Crippen molar-refractivity contribution in [3.63, 3.8) is 0 Å². The number of hydrogen-bond donors (Lipinski definition) is 0. The summed E-state index contributed by atoms with van der Waals surface area (Å²) in [6, 6.07) is 27.7. The molecule has 0 aliphatic heterocycles. The molecule has 3 rings (SSSR count). The standard InChI is InChI=1S/C25H25ClFN/c1-20(21-12-14-24(27)15-13-21)28(19-17-26)18-16-25(22-8-4-2-5-9-22)23-10-6-3-7-11-23/h2-16,20H,17-19H2,1H3/t20-/m1/s1. The van der Waals surface area contributed by atoms with Gasteiger partial charge in [-0.15, -0.1) is 11.6 Å². The lowest BCUT2D eigenvalue weighted by atomic mass is 9.97. The van der Waals surface area contributed by atoms with Crippen molar-refractivity contribution in [2.45, 2.75) is 13.0 Å². The summed E-state index contributed by atoms with van der Waals surface area (Å²) in [5.74, 6) is 0.334. The fourth-order valence-corrected chi connectivity index (χ4v) is 3.57. The second-order valence-electron chi connectivity index (χ2n) is 6.76. The summed E-state index contributed by atoms with van der Waals surface area (Å²) in [5, 5.41) is 0. The fourth-order valence-electron chi connectivity index (χ4n) is 3.35. The minimum absolute atomic E-state index is 0.142. The topological polar surface area (TPSA) is 3.24 Å². The molecular weight excluding hydrogens is 369 g/mol. The Bertz CT molecular complexity index is 834. The lowest BCUT2D eigenvalue weighted by Gasteiger charge is -2.28. The molecule has 3 aromatic carbocycles. The van der Waals surface area contributed by atoms with Crippen LogP contribution in [-0.2, 0) is 0 Å². The van der Waals surface area contributed by atoms with Crippen LogP contribution in [0.3, 0.4) is 0 Å². The maximum atomic E-state index is 13.3. The normalized spacial score (nSPS) is 12.0. The van der Waals surface area contributed by atoms with Crippen LogP contribution < -0.4 is 0 Å². The first-order valence-corrected chi connectivity index (χ1v) is 10.1. The van der Waals surface area contributed by atoms with Crippen molar-refractivity contribution in [3.8, 4) is 0 Å². The zero-order chi connectivity index (χ0) is 19.8. The molecule has 1 atom stereocenters. The number of nitrogens with zero attached hydrogens (tertiary/aromatic N) is 1. The number of halogens is 2. The first kappa shape index (κ1) is 20.3. The SMILES string of the molecule is C[C@H](c1ccc(F)cc1)N(CC=C(c1ccccc1)c1ccccc1)CCCl. The van der Waals surface area contributed by atoms with Gasteiger partial charge in [-0.1, -0.05) is 78.9 Å². The smallest absolute Gasteiger partial charge is 0.123 e. The third-order valence-corrected chi connectivity index (χ3v) is 5.14. The third kappa shape index (κ3) is 5.31. The molecule has 0 N–H and O–H groups in total. The molecule has 3 heteroatoms. The molecule has 0 saturated carbocycles. The average Bonchev–Trinajstić information content (AvgIpc) is 2.75. The Morgan fingerprint density at radius 3 is 1.93 bits per heavy atom. The van der Waals surface area contributed by atoms with Gasteiger partial charge in [-0.2, -0.15) is 0 Å². The van der Waals surface area contributed by atoms with E-state index >= 15 is 0 Å². The van der Waals surface area contributed by atoms with Gasteiger partial charge in [0, 0.05) is 25.0 Å². The summed E-state index contributed by atoms with van der Waals surface area (Å²) >= 11 is 6.08. The summed E-state index contributed by atoms with van der Waals surface area (Å²) in [5.41, 5.74) is 4.66. The van der Waals surface area contributed by atoms with E-state index in [-0.39, 0.29) is 11.9 Å². The Labute approximate surface area is 172 Å². The molecule has 0 radical (unpaired) electrons. The second-order valence-corrected chi connectivity index (χ2v) is 7.14. The molecular formula is C25H25ClFN. The third-order valence-electron chi connectivity index (χ3n) is 4.97. The lowest BCUT2D eigenvalue weighted by Crippen LogP contribution is -2.29. The van der Waals surface area contributed by atoms with Crippen LogP contribution in [-0.4, -0.2) is 23.9 Å². The predicted molar refractivity (Wildman–Crippen MR) is 117 cm³/mol. The van der Waals surface area contributed by atoms with Gasteiger partial charge in [0.05, 0.1) is 0 Å². The fraction of sp³-hybridized carbons (Fsp3) is 0.200. The largest absolute Gasteiger partial charge is 0.292 e. The molecule has 0 spiro atoms. The lowest BCUT2D eigenvalue weighted by molar-refractivity contribution is 0.248. The van der Waals surface area contributed by atoms with Gasteiger partial charge in [0.1, 0.15) is 5.82 Å². The van der Waals surface area contributed by atoms with Crippen molar-refractivity contribution >= 4 is 17.2 Å². The molecule has 0 aliphatic rings. The van der Waals surface area contributed by atoms with E-state index in [0.717, 1.165) is 18.7 Å².